The van der Waals surface area contributed by atoms with Crippen LogP contribution in [0.4, 0.5) is 5.69 Å². The molecule has 0 fully saturated rings. The maximum absolute atomic E-state index is 12.3. The maximum Gasteiger partial charge on any atom is 0.255 e. The average molecular weight is 279 g/mol. The van der Waals surface area contributed by atoms with Gasteiger partial charge in [-0.05, 0) is 49.7 Å². The number of rotatable bonds is 2. The molecule has 0 atom stereocenters. The Hall–Kier alpha value is -2.64. The zero-order valence-corrected chi connectivity index (χ0v) is 12.1. The van der Waals surface area contributed by atoms with Crippen LogP contribution in [0.3, 0.4) is 0 Å². The van der Waals surface area contributed by atoms with Crippen molar-refractivity contribution in [3.05, 3.63) is 58.9 Å². The van der Waals surface area contributed by atoms with Crippen LogP contribution in [-0.2, 0) is 0 Å². The third kappa shape index (κ3) is 4.16. The molecule has 0 aliphatic rings. The average Bonchev–Trinajstić information content (AvgIpc) is 2.47. The minimum absolute atomic E-state index is 0.180. The third-order valence-electron chi connectivity index (χ3n) is 2.84. The number of hydrogen-bond donors (Lipinski definition) is 2. The van der Waals surface area contributed by atoms with Gasteiger partial charge in [0, 0.05) is 16.8 Å². The van der Waals surface area contributed by atoms with Crippen molar-refractivity contribution in [3.63, 3.8) is 0 Å². The molecule has 0 radical (unpaired) electrons. The van der Waals surface area contributed by atoms with E-state index in [9.17, 15) is 4.79 Å². The number of anilines is 1. The van der Waals surface area contributed by atoms with Crippen LogP contribution in [0.25, 0.3) is 0 Å². The molecule has 0 saturated heterocycles. The van der Waals surface area contributed by atoms with Crippen molar-refractivity contribution in [1.29, 1.82) is 0 Å². The van der Waals surface area contributed by atoms with Crippen LogP contribution in [0.15, 0.2) is 36.5 Å². The molecule has 2 aromatic rings. The second-order valence-electron chi connectivity index (χ2n) is 4.74. The predicted octanol–water partition coefficient (Wildman–Crippen LogP) is 2.26. The van der Waals surface area contributed by atoms with Gasteiger partial charge in [0.1, 0.15) is 0 Å². The van der Waals surface area contributed by atoms with E-state index in [1.54, 1.807) is 12.3 Å². The lowest BCUT2D eigenvalue weighted by Gasteiger charge is -2.07. The van der Waals surface area contributed by atoms with E-state index in [2.05, 4.69) is 22.1 Å². The Morgan fingerprint density at radius 3 is 2.76 bits per heavy atom. The quantitative estimate of drug-likeness (QED) is 0.829. The van der Waals surface area contributed by atoms with Crippen molar-refractivity contribution in [3.8, 4) is 11.8 Å². The highest BCUT2D eigenvalue weighted by Gasteiger charge is 2.08. The Balaban J connectivity index is 2.22. The van der Waals surface area contributed by atoms with Gasteiger partial charge < -0.3 is 11.1 Å². The van der Waals surface area contributed by atoms with E-state index in [0.29, 0.717) is 17.8 Å². The van der Waals surface area contributed by atoms with Gasteiger partial charge in [0.25, 0.3) is 5.91 Å². The van der Waals surface area contributed by atoms with Gasteiger partial charge in [0.05, 0.1) is 18.4 Å². The molecule has 21 heavy (non-hydrogen) atoms. The Labute approximate surface area is 124 Å². The van der Waals surface area contributed by atoms with Gasteiger partial charge in [0.2, 0.25) is 0 Å². The van der Waals surface area contributed by atoms with E-state index in [1.165, 1.54) is 0 Å². The summed E-state index contributed by atoms with van der Waals surface area (Å²) in [5.74, 6) is 5.55. The van der Waals surface area contributed by atoms with Gasteiger partial charge in [0.15, 0.2) is 0 Å². The Kier molecular flexibility index (Phi) is 4.70. The summed E-state index contributed by atoms with van der Waals surface area (Å²) in [5, 5.41) is 2.82. The molecule has 4 heteroatoms. The molecule has 2 rings (SSSR count). The molecular weight excluding hydrogens is 262 g/mol. The summed E-state index contributed by atoms with van der Waals surface area (Å²) in [4.78, 5) is 16.4. The highest BCUT2D eigenvalue weighted by Crippen LogP contribution is 2.12. The largest absolute Gasteiger partial charge is 0.321 e. The molecule has 106 valence electrons. The number of aryl methyl sites for hydroxylation is 2. The number of carbonyl (C=O) groups excluding carboxylic acids is 1. The second kappa shape index (κ2) is 6.69. The third-order valence-corrected chi connectivity index (χ3v) is 2.84. The molecule has 0 saturated carbocycles. The van der Waals surface area contributed by atoms with E-state index in [1.807, 2.05) is 38.1 Å². The number of benzene rings is 1. The molecule has 1 aromatic carbocycles. The van der Waals surface area contributed by atoms with E-state index >= 15 is 0 Å². The van der Waals surface area contributed by atoms with Crippen LogP contribution in [-0.4, -0.2) is 17.4 Å². The summed E-state index contributed by atoms with van der Waals surface area (Å²) in [6.07, 6.45) is 1.64. The van der Waals surface area contributed by atoms with Crippen LogP contribution < -0.4 is 11.1 Å². The fourth-order valence-electron chi connectivity index (χ4n) is 1.88. The normalized spacial score (nSPS) is 9.67. The molecule has 1 amide bonds. The van der Waals surface area contributed by atoms with E-state index in [-0.39, 0.29) is 5.91 Å². The molecule has 0 bridgehead atoms. The smallest absolute Gasteiger partial charge is 0.255 e. The summed E-state index contributed by atoms with van der Waals surface area (Å²) in [5.41, 5.74) is 9.27. The van der Waals surface area contributed by atoms with Gasteiger partial charge in [-0.3, -0.25) is 9.78 Å². The van der Waals surface area contributed by atoms with Crippen molar-refractivity contribution in [2.24, 2.45) is 5.73 Å². The van der Waals surface area contributed by atoms with E-state index in [0.717, 1.165) is 16.8 Å². The van der Waals surface area contributed by atoms with Gasteiger partial charge in [-0.25, -0.2) is 0 Å². The van der Waals surface area contributed by atoms with Crippen molar-refractivity contribution in [1.82, 2.24) is 4.98 Å². The van der Waals surface area contributed by atoms with Crippen LogP contribution >= 0.6 is 0 Å². The number of pyridine rings is 1. The predicted molar refractivity (Wildman–Crippen MR) is 84.0 cm³/mol. The first-order chi connectivity index (χ1) is 10.1. The summed E-state index contributed by atoms with van der Waals surface area (Å²) < 4.78 is 0. The van der Waals surface area contributed by atoms with Gasteiger partial charge in [-0.15, -0.1) is 0 Å². The molecule has 0 aliphatic carbocycles. The highest BCUT2D eigenvalue weighted by molar-refractivity contribution is 6.04. The number of aromatic nitrogens is 1. The standard InChI is InChI=1S/C17H17N3O/c1-12-8-14(4-3-7-18)10-15(9-12)17(21)20-16-6-5-13(2)19-11-16/h5-6,8-11H,7,18H2,1-2H3,(H,20,21). The molecule has 1 aromatic heterocycles. The molecule has 3 N–H and O–H groups in total. The Bertz CT molecular complexity index is 709. The topological polar surface area (TPSA) is 68.0 Å². The highest BCUT2D eigenvalue weighted by atomic mass is 16.1. The SMILES string of the molecule is Cc1cc(C#CCN)cc(C(=O)Nc2ccc(C)nc2)c1. The zero-order valence-electron chi connectivity index (χ0n) is 12.1. The molecular formula is C17H17N3O. The fraction of sp³-hybridized carbons (Fsp3) is 0.176. The number of hydrogen-bond acceptors (Lipinski definition) is 3. The molecule has 0 aliphatic heterocycles. The molecule has 0 spiro atoms. The monoisotopic (exact) mass is 279 g/mol. The van der Waals surface area contributed by atoms with Crippen LogP contribution in [0.2, 0.25) is 0 Å². The number of nitrogens with zero attached hydrogens (tertiary/aromatic N) is 1. The second-order valence-corrected chi connectivity index (χ2v) is 4.74. The minimum atomic E-state index is -0.180. The first-order valence-electron chi connectivity index (χ1n) is 6.63. The lowest BCUT2D eigenvalue weighted by atomic mass is 10.1. The summed E-state index contributed by atoms with van der Waals surface area (Å²) >= 11 is 0. The number of nitrogens with two attached hydrogens (primary N) is 1. The molecule has 4 nitrogen and oxygen atoms in total. The van der Waals surface area contributed by atoms with Crippen molar-refractivity contribution >= 4 is 11.6 Å². The van der Waals surface area contributed by atoms with Gasteiger partial charge >= 0.3 is 0 Å². The number of nitrogens with one attached hydrogen (secondary N) is 1. The fourth-order valence-corrected chi connectivity index (χ4v) is 1.88. The number of amides is 1. The van der Waals surface area contributed by atoms with Crippen LogP contribution in [0.1, 0.15) is 27.2 Å². The summed E-state index contributed by atoms with van der Waals surface area (Å²) in [6.45, 7) is 4.12. The Morgan fingerprint density at radius 1 is 1.29 bits per heavy atom. The molecule has 1 heterocycles. The summed E-state index contributed by atoms with van der Waals surface area (Å²) in [7, 11) is 0. The maximum atomic E-state index is 12.3. The molecule has 0 unspecified atom stereocenters. The zero-order chi connectivity index (χ0) is 15.2. The van der Waals surface area contributed by atoms with E-state index < -0.39 is 0 Å². The lowest BCUT2D eigenvalue weighted by Crippen LogP contribution is -2.12. The van der Waals surface area contributed by atoms with Crippen molar-refractivity contribution < 1.29 is 4.79 Å². The minimum Gasteiger partial charge on any atom is -0.321 e. The van der Waals surface area contributed by atoms with Crippen molar-refractivity contribution in [2.75, 3.05) is 11.9 Å². The van der Waals surface area contributed by atoms with Gasteiger partial charge in [-0.1, -0.05) is 11.8 Å². The van der Waals surface area contributed by atoms with Gasteiger partial charge in [-0.2, -0.15) is 0 Å². The van der Waals surface area contributed by atoms with Crippen LogP contribution in [0.5, 0.6) is 0 Å². The van der Waals surface area contributed by atoms with E-state index in [4.69, 9.17) is 5.73 Å². The summed E-state index contributed by atoms with van der Waals surface area (Å²) in [6, 6.07) is 9.18. The van der Waals surface area contributed by atoms with Crippen molar-refractivity contribution in [2.45, 2.75) is 13.8 Å². The lowest BCUT2D eigenvalue weighted by molar-refractivity contribution is 0.102. The van der Waals surface area contributed by atoms with Crippen LogP contribution in [0, 0.1) is 25.7 Å². The Morgan fingerprint density at radius 2 is 2.10 bits per heavy atom. The first kappa shape index (κ1) is 14.8. The first-order valence-corrected chi connectivity index (χ1v) is 6.63. The number of carbonyl (C=O) groups is 1.